The zero-order valence-corrected chi connectivity index (χ0v) is 15.0. The van der Waals surface area contributed by atoms with Gasteiger partial charge < -0.3 is 4.74 Å². The first kappa shape index (κ1) is 16.1. The van der Waals surface area contributed by atoms with E-state index in [1.807, 2.05) is 6.20 Å². The third-order valence-corrected chi connectivity index (χ3v) is 6.13. The third-order valence-electron chi connectivity index (χ3n) is 5.31. The molecule has 0 aliphatic carbocycles. The normalized spacial score (nSPS) is 23.8. The van der Waals surface area contributed by atoms with Gasteiger partial charge in [0.15, 0.2) is 0 Å². The van der Waals surface area contributed by atoms with Gasteiger partial charge in [-0.1, -0.05) is 0 Å². The summed E-state index contributed by atoms with van der Waals surface area (Å²) in [7, 11) is 0. The van der Waals surface area contributed by atoms with E-state index in [1.54, 1.807) is 23.7 Å². The van der Waals surface area contributed by atoms with E-state index in [0.717, 1.165) is 49.8 Å². The van der Waals surface area contributed by atoms with E-state index in [2.05, 4.69) is 32.2 Å². The number of rotatable bonds is 4. The van der Waals surface area contributed by atoms with Gasteiger partial charge in [0.05, 0.1) is 29.1 Å². The van der Waals surface area contributed by atoms with Crippen LogP contribution in [0.3, 0.4) is 0 Å². The van der Waals surface area contributed by atoms with Crippen LogP contribution in [-0.2, 0) is 17.7 Å². The highest BCUT2D eigenvalue weighted by Gasteiger charge is 2.42. The van der Waals surface area contributed by atoms with E-state index in [0.29, 0.717) is 11.5 Å². The highest BCUT2D eigenvalue weighted by molar-refractivity contribution is 7.09. The lowest BCUT2D eigenvalue weighted by atomic mass is 9.76. The van der Waals surface area contributed by atoms with Crippen LogP contribution in [0, 0.1) is 12.3 Å². The molecule has 2 aliphatic heterocycles. The largest absolute Gasteiger partial charge is 0.377 e. The average Bonchev–Trinajstić information content (AvgIpc) is 3.18. The quantitative estimate of drug-likeness (QED) is 0.854. The lowest BCUT2D eigenvalue weighted by Gasteiger charge is -2.38. The van der Waals surface area contributed by atoms with Crippen LogP contribution in [0.4, 0.5) is 0 Å². The standard InChI is InChI=1S/C18H24N4OS/c1-14-21-16(12-24-14)11-22-6-2-18(3-7-22)9-17(23-13-18)8-15-10-19-4-5-20-15/h4-5,10,12,17H,2-3,6-9,11,13H2,1H3. The Bertz CT molecular complexity index is 667. The molecular weight excluding hydrogens is 320 g/mol. The van der Waals surface area contributed by atoms with Gasteiger partial charge in [0.2, 0.25) is 0 Å². The van der Waals surface area contributed by atoms with Gasteiger partial charge in [-0.2, -0.15) is 0 Å². The molecule has 0 aromatic carbocycles. The molecule has 1 spiro atoms. The number of hydrogen-bond acceptors (Lipinski definition) is 6. The van der Waals surface area contributed by atoms with E-state index < -0.39 is 0 Å². The molecule has 4 heterocycles. The van der Waals surface area contributed by atoms with Crippen molar-refractivity contribution in [3.63, 3.8) is 0 Å². The summed E-state index contributed by atoms with van der Waals surface area (Å²) in [6.45, 7) is 6.27. The molecule has 0 saturated carbocycles. The average molecular weight is 344 g/mol. The smallest absolute Gasteiger partial charge is 0.0897 e. The molecule has 0 amide bonds. The minimum absolute atomic E-state index is 0.300. The second-order valence-electron chi connectivity index (χ2n) is 7.17. The predicted octanol–water partition coefficient (Wildman–Crippen LogP) is 2.86. The number of nitrogens with zero attached hydrogens (tertiary/aromatic N) is 4. The summed E-state index contributed by atoms with van der Waals surface area (Å²) in [5.41, 5.74) is 2.63. The summed E-state index contributed by atoms with van der Waals surface area (Å²) in [6, 6.07) is 0. The zero-order valence-electron chi connectivity index (χ0n) is 14.1. The first-order chi connectivity index (χ1) is 11.7. The van der Waals surface area contributed by atoms with Crippen molar-refractivity contribution in [2.75, 3.05) is 19.7 Å². The maximum Gasteiger partial charge on any atom is 0.0897 e. The van der Waals surface area contributed by atoms with Crippen molar-refractivity contribution < 1.29 is 4.74 Å². The Labute approximate surface area is 147 Å². The Balaban J connectivity index is 1.29. The minimum atomic E-state index is 0.300. The van der Waals surface area contributed by atoms with Gasteiger partial charge in [0, 0.05) is 36.9 Å². The topological polar surface area (TPSA) is 51.1 Å². The lowest BCUT2D eigenvalue weighted by Crippen LogP contribution is -2.40. The fourth-order valence-corrected chi connectivity index (χ4v) is 4.54. The molecule has 6 heteroatoms. The Hall–Kier alpha value is -1.37. The summed E-state index contributed by atoms with van der Waals surface area (Å²) in [6.07, 6.45) is 10.1. The van der Waals surface area contributed by atoms with Crippen LogP contribution in [0.1, 0.15) is 35.7 Å². The second-order valence-corrected chi connectivity index (χ2v) is 8.23. The first-order valence-electron chi connectivity index (χ1n) is 8.71. The monoisotopic (exact) mass is 344 g/mol. The SMILES string of the molecule is Cc1nc(CN2CCC3(CC2)COC(Cc2cnccn2)C3)cs1. The maximum atomic E-state index is 6.11. The molecule has 2 aromatic heterocycles. The van der Waals surface area contributed by atoms with Crippen LogP contribution < -0.4 is 0 Å². The van der Waals surface area contributed by atoms with Crippen molar-refractivity contribution >= 4 is 11.3 Å². The molecule has 4 rings (SSSR count). The van der Waals surface area contributed by atoms with E-state index in [4.69, 9.17) is 4.74 Å². The molecule has 2 aromatic rings. The van der Waals surface area contributed by atoms with E-state index in [1.165, 1.54) is 18.5 Å². The number of hydrogen-bond donors (Lipinski definition) is 0. The Morgan fingerprint density at radius 3 is 2.88 bits per heavy atom. The van der Waals surface area contributed by atoms with Crippen LogP contribution >= 0.6 is 11.3 Å². The number of aromatic nitrogens is 3. The van der Waals surface area contributed by atoms with Crippen LogP contribution in [0.25, 0.3) is 0 Å². The van der Waals surface area contributed by atoms with Crippen molar-refractivity contribution in [1.29, 1.82) is 0 Å². The van der Waals surface area contributed by atoms with E-state index in [-0.39, 0.29) is 0 Å². The second kappa shape index (κ2) is 6.86. The van der Waals surface area contributed by atoms with Crippen LogP contribution in [0.2, 0.25) is 0 Å². The van der Waals surface area contributed by atoms with Gasteiger partial charge in [-0.25, -0.2) is 4.98 Å². The zero-order chi connectivity index (χ0) is 16.4. The van der Waals surface area contributed by atoms with Gasteiger partial charge in [0.25, 0.3) is 0 Å². The molecule has 24 heavy (non-hydrogen) atoms. The van der Waals surface area contributed by atoms with Crippen molar-refractivity contribution in [3.05, 3.63) is 40.4 Å². The molecular formula is C18H24N4OS. The van der Waals surface area contributed by atoms with Gasteiger partial charge in [-0.3, -0.25) is 14.9 Å². The molecule has 2 aliphatic rings. The molecule has 0 radical (unpaired) electrons. The minimum Gasteiger partial charge on any atom is -0.377 e. The summed E-state index contributed by atoms with van der Waals surface area (Å²) in [5.74, 6) is 0. The van der Waals surface area contributed by atoms with Crippen molar-refractivity contribution in [2.45, 2.75) is 45.3 Å². The number of thiazole rings is 1. The van der Waals surface area contributed by atoms with Gasteiger partial charge in [0.1, 0.15) is 0 Å². The summed E-state index contributed by atoms with van der Waals surface area (Å²) < 4.78 is 6.11. The number of aryl methyl sites for hydroxylation is 1. The lowest BCUT2D eigenvalue weighted by molar-refractivity contribution is 0.0626. The van der Waals surface area contributed by atoms with E-state index >= 15 is 0 Å². The van der Waals surface area contributed by atoms with Gasteiger partial charge >= 0.3 is 0 Å². The Morgan fingerprint density at radius 1 is 1.29 bits per heavy atom. The number of likely N-dealkylation sites (tertiary alicyclic amines) is 1. The summed E-state index contributed by atoms with van der Waals surface area (Å²) in [5, 5.41) is 3.35. The van der Waals surface area contributed by atoms with Crippen LogP contribution in [0.15, 0.2) is 24.0 Å². The predicted molar refractivity (Wildman–Crippen MR) is 93.9 cm³/mol. The highest BCUT2D eigenvalue weighted by Crippen LogP contribution is 2.42. The molecule has 2 fully saturated rings. The molecule has 0 N–H and O–H groups in total. The molecule has 2 saturated heterocycles. The van der Waals surface area contributed by atoms with Crippen molar-refractivity contribution in [2.24, 2.45) is 5.41 Å². The van der Waals surface area contributed by atoms with Gasteiger partial charge in [-0.15, -0.1) is 11.3 Å². The Kier molecular flexibility index (Phi) is 4.61. The van der Waals surface area contributed by atoms with Crippen molar-refractivity contribution in [3.8, 4) is 0 Å². The molecule has 1 atom stereocenters. The van der Waals surface area contributed by atoms with E-state index in [9.17, 15) is 0 Å². The van der Waals surface area contributed by atoms with Crippen molar-refractivity contribution in [1.82, 2.24) is 19.9 Å². The molecule has 128 valence electrons. The highest BCUT2D eigenvalue weighted by atomic mass is 32.1. The molecule has 5 nitrogen and oxygen atoms in total. The number of piperidine rings is 1. The molecule has 0 bridgehead atoms. The van der Waals surface area contributed by atoms with Crippen LogP contribution in [0.5, 0.6) is 0 Å². The summed E-state index contributed by atoms with van der Waals surface area (Å²) in [4.78, 5) is 15.7. The fraction of sp³-hybridized carbons (Fsp3) is 0.611. The summed E-state index contributed by atoms with van der Waals surface area (Å²) >= 11 is 1.74. The fourth-order valence-electron chi connectivity index (χ4n) is 3.94. The first-order valence-corrected chi connectivity index (χ1v) is 9.59. The number of ether oxygens (including phenoxy) is 1. The van der Waals surface area contributed by atoms with Gasteiger partial charge in [-0.05, 0) is 44.7 Å². The maximum absolute atomic E-state index is 6.11. The third kappa shape index (κ3) is 3.66. The van der Waals surface area contributed by atoms with Crippen LogP contribution in [-0.4, -0.2) is 45.7 Å². The Morgan fingerprint density at radius 2 is 2.17 bits per heavy atom. The molecule has 1 unspecified atom stereocenters.